The number of halogens is 3. The summed E-state index contributed by atoms with van der Waals surface area (Å²) in [6.07, 6.45) is -0.0571. The molecular formula is C13H8Cl3NO4. The number of aromatic hydroxyl groups is 2. The summed E-state index contributed by atoms with van der Waals surface area (Å²) in [5.41, 5.74) is 0.219. The highest BCUT2D eigenvalue weighted by Gasteiger charge is 2.18. The second-order valence-corrected chi connectivity index (χ2v) is 5.42. The molecule has 0 saturated heterocycles. The van der Waals surface area contributed by atoms with Crippen LogP contribution in [0.3, 0.4) is 0 Å². The van der Waals surface area contributed by atoms with Crippen molar-refractivity contribution >= 4 is 40.5 Å². The van der Waals surface area contributed by atoms with E-state index in [-0.39, 0.29) is 49.8 Å². The van der Waals surface area contributed by atoms with Gasteiger partial charge in [0.25, 0.3) is 5.69 Å². The van der Waals surface area contributed by atoms with Gasteiger partial charge in [-0.1, -0.05) is 34.8 Å². The maximum Gasteiger partial charge on any atom is 0.269 e. The average Bonchev–Trinajstić information content (AvgIpc) is 2.43. The molecule has 0 aliphatic carbocycles. The SMILES string of the molecule is O=[N+]([O-])c1ccc(O)c(Cc2c(O)c(Cl)cc(Cl)c2Cl)c1. The number of rotatable bonds is 3. The van der Waals surface area contributed by atoms with E-state index in [1.807, 2.05) is 0 Å². The minimum atomic E-state index is -0.588. The van der Waals surface area contributed by atoms with Gasteiger partial charge in [0.15, 0.2) is 0 Å². The van der Waals surface area contributed by atoms with E-state index < -0.39 is 4.92 Å². The van der Waals surface area contributed by atoms with Crippen LogP contribution in [0.25, 0.3) is 0 Å². The topological polar surface area (TPSA) is 83.6 Å². The number of hydrogen-bond acceptors (Lipinski definition) is 4. The van der Waals surface area contributed by atoms with Crippen LogP contribution < -0.4 is 0 Å². The van der Waals surface area contributed by atoms with Gasteiger partial charge >= 0.3 is 0 Å². The van der Waals surface area contributed by atoms with Gasteiger partial charge in [-0.05, 0) is 12.1 Å². The van der Waals surface area contributed by atoms with Gasteiger partial charge in [0.05, 0.1) is 20.0 Å². The molecule has 0 spiro atoms. The molecule has 2 aromatic carbocycles. The van der Waals surface area contributed by atoms with Crippen LogP contribution in [0.4, 0.5) is 5.69 Å². The lowest BCUT2D eigenvalue weighted by Crippen LogP contribution is -1.95. The van der Waals surface area contributed by atoms with Crippen LogP contribution in [0.5, 0.6) is 11.5 Å². The molecule has 2 aromatic rings. The molecule has 2 rings (SSSR count). The van der Waals surface area contributed by atoms with E-state index in [0.717, 1.165) is 0 Å². The normalized spacial score (nSPS) is 10.6. The van der Waals surface area contributed by atoms with Gasteiger partial charge in [-0.15, -0.1) is 0 Å². The van der Waals surface area contributed by atoms with Crippen molar-refractivity contribution in [3.63, 3.8) is 0 Å². The van der Waals surface area contributed by atoms with Crippen LogP contribution in [0.2, 0.25) is 15.1 Å². The van der Waals surface area contributed by atoms with E-state index in [9.17, 15) is 20.3 Å². The first-order valence-corrected chi connectivity index (χ1v) is 6.76. The Morgan fingerprint density at radius 2 is 1.76 bits per heavy atom. The molecule has 5 nitrogen and oxygen atoms in total. The van der Waals surface area contributed by atoms with E-state index in [4.69, 9.17) is 34.8 Å². The molecule has 0 fully saturated rings. The molecule has 110 valence electrons. The third-order valence-corrected chi connectivity index (χ3v) is 4.00. The summed E-state index contributed by atoms with van der Waals surface area (Å²) >= 11 is 17.7. The molecule has 0 aliphatic heterocycles. The van der Waals surface area contributed by atoms with Gasteiger partial charge in [-0.2, -0.15) is 0 Å². The predicted molar refractivity (Wildman–Crippen MR) is 80.7 cm³/mol. The zero-order valence-corrected chi connectivity index (χ0v) is 12.6. The number of nitro benzene ring substituents is 1. The van der Waals surface area contributed by atoms with Crippen LogP contribution in [-0.2, 0) is 6.42 Å². The number of non-ortho nitro benzene ring substituents is 1. The van der Waals surface area contributed by atoms with E-state index >= 15 is 0 Å². The summed E-state index contributed by atoms with van der Waals surface area (Å²) in [4.78, 5) is 10.2. The lowest BCUT2D eigenvalue weighted by Gasteiger charge is -2.11. The second kappa shape index (κ2) is 5.97. The number of phenolic OH excluding ortho intramolecular Hbond substituents is 2. The molecule has 2 N–H and O–H groups in total. The molecule has 0 aromatic heterocycles. The molecule has 0 bridgehead atoms. The van der Waals surface area contributed by atoms with E-state index in [0.29, 0.717) is 0 Å². The van der Waals surface area contributed by atoms with Crippen LogP contribution in [-0.4, -0.2) is 15.1 Å². The standard InChI is InChI=1S/C13H8Cl3NO4/c14-9-5-10(15)13(19)8(12(9)16)4-6-3-7(17(20)21)1-2-11(6)18/h1-3,5,18-19H,4H2. The minimum Gasteiger partial charge on any atom is -0.508 e. The molecule has 0 amide bonds. The van der Waals surface area contributed by atoms with Crippen molar-refractivity contribution < 1.29 is 15.1 Å². The highest BCUT2D eigenvalue weighted by atomic mass is 35.5. The summed E-state index contributed by atoms with van der Waals surface area (Å²) in [5.74, 6) is -0.441. The van der Waals surface area contributed by atoms with Crippen LogP contribution in [0, 0.1) is 10.1 Å². The zero-order valence-electron chi connectivity index (χ0n) is 10.3. The highest BCUT2D eigenvalue weighted by molar-refractivity contribution is 6.44. The Hall–Kier alpha value is -1.69. The first kappa shape index (κ1) is 15.7. The van der Waals surface area contributed by atoms with Crippen molar-refractivity contribution in [1.82, 2.24) is 0 Å². The Morgan fingerprint density at radius 1 is 1.10 bits per heavy atom. The van der Waals surface area contributed by atoms with Gasteiger partial charge in [-0.3, -0.25) is 10.1 Å². The summed E-state index contributed by atoms with van der Waals surface area (Å²) in [7, 11) is 0. The van der Waals surface area contributed by atoms with Crippen LogP contribution in [0.1, 0.15) is 11.1 Å². The van der Waals surface area contributed by atoms with Crippen molar-refractivity contribution in [3.05, 3.63) is 60.6 Å². The maximum atomic E-state index is 10.8. The molecule has 0 aliphatic rings. The lowest BCUT2D eigenvalue weighted by molar-refractivity contribution is -0.384. The summed E-state index contributed by atoms with van der Waals surface area (Å²) in [6, 6.07) is 4.85. The summed E-state index contributed by atoms with van der Waals surface area (Å²) in [5, 5.41) is 30.7. The smallest absolute Gasteiger partial charge is 0.269 e. The van der Waals surface area contributed by atoms with Gasteiger partial charge in [0, 0.05) is 29.7 Å². The average molecular weight is 349 g/mol. The largest absolute Gasteiger partial charge is 0.508 e. The van der Waals surface area contributed by atoms with Crippen molar-refractivity contribution in [1.29, 1.82) is 0 Å². The Labute approximate surface area is 134 Å². The van der Waals surface area contributed by atoms with Gasteiger partial charge in [0.2, 0.25) is 0 Å². The van der Waals surface area contributed by atoms with Crippen LogP contribution in [0.15, 0.2) is 24.3 Å². The Kier molecular flexibility index (Phi) is 4.46. The number of benzene rings is 2. The third-order valence-electron chi connectivity index (χ3n) is 2.88. The van der Waals surface area contributed by atoms with Gasteiger partial charge in [-0.25, -0.2) is 0 Å². The molecular weight excluding hydrogens is 341 g/mol. The van der Waals surface area contributed by atoms with Gasteiger partial charge in [0.1, 0.15) is 11.5 Å². The summed E-state index contributed by atoms with van der Waals surface area (Å²) in [6.45, 7) is 0. The number of nitrogens with zero attached hydrogens (tertiary/aromatic N) is 1. The molecule has 21 heavy (non-hydrogen) atoms. The monoisotopic (exact) mass is 347 g/mol. The van der Waals surface area contributed by atoms with Crippen molar-refractivity contribution in [2.75, 3.05) is 0 Å². The predicted octanol–water partition coefficient (Wildman–Crippen LogP) is 4.56. The zero-order chi connectivity index (χ0) is 15.7. The molecule has 0 saturated carbocycles. The molecule has 8 heteroatoms. The number of nitro groups is 1. The van der Waals surface area contributed by atoms with E-state index in [1.165, 1.54) is 24.3 Å². The molecule has 0 unspecified atom stereocenters. The quantitative estimate of drug-likeness (QED) is 0.484. The Balaban J connectivity index is 2.53. The second-order valence-electron chi connectivity index (χ2n) is 4.23. The van der Waals surface area contributed by atoms with Gasteiger partial charge < -0.3 is 10.2 Å². The maximum absolute atomic E-state index is 10.8. The Bertz CT molecular complexity index is 708. The fraction of sp³-hybridized carbons (Fsp3) is 0.0769. The molecule has 0 atom stereocenters. The number of hydrogen-bond donors (Lipinski definition) is 2. The minimum absolute atomic E-state index is 0.00400. The fourth-order valence-corrected chi connectivity index (χ4v) is 2.53. The third kappa shape index (κ3) is 3.15. The Morgan fingerprint density at radius 3 is 2.38 bits per heavy atom. The first-order valence-electron chi connectivity index (χ1n) is 5.63. The fourth-order valence-electron chi connectivity index (χ4n) is 1.81. The van der Waals surface area contributed by atoms with Crippen molar-refractivity contribution in [3.8, 4) is 11.5 Å². The van der Waals surface area contributed by atoms with Crippen molar-refractivity contribution in [2.45, 2.75) is 6.42 Å². The summed E-state index contributed by atoms with van der Waals surface area (Å²) < 4.78 is 0. The number of phenols is 2. The van der Waals surface area contributed by atoms with E-state index in [2.05, 4.69) is 0 Å². The highest BCUT2D eigenvalue weighted by Crippen LogP contribution is 2.40. The van der Waals surface area contributed by atoms with E-state index in [1.54, 1.807) is 0 Å². The van der Waals surface area contributed by atoms with Crippen molar-refractivity contribution in [2.24, 2.45) is 0 Å². The van der Waals surface area contributed by atoms with Crippen LogP contribution >= 0.6 is 34.8 Å². The molecule has 0 radical (unpaired) electrons. The first-order chi connectivity index (χ1) is 9.81. The lowest BCUT2D eigenvalue weighted by atomic mass is 10.0. The molecule has 0 heterocycles.